The van der Waals surface area contributed by atoms with Crippen molar-refractivity contribution in [2.24, 2.45) is 0 Å². The minimum atomic E-state index is -3.13. The summed E-state index contributed by atoms with van der Waals surface area (Å²) < 4.78 is 32.2. The van der Waals surface area contributed by atoms with E-state index in [-0.39, 0.29) is 11.3 Å². The average Bonchev–Trinajstić information content (AvgIpc) is 2.86. The molecule has 2 aliphatic heterocycles. The second kappa shape index (κ2) is 6.55. The molecule has 1 atom stereocenters. The topological polar surface area (TPSA) is 46.6 Å². The molecular formula is C12H22ClNO3S. The van der Waals surface area contributed by atoms with Gasteiger partial charge >= 0.3 is 0 Å². The Morgan fingerprint density at radius 1 is 1.22 bits per heavy atom. The fourth-order valence-electron chi connectivity index (χ4n) is 2.91. The molecule has 4 nitrogen and oxygen atoms in total. The monoisotopic (exact) mass is 295 g/mol. The minimum absolute atomic E-state index is 0.177. The van der Waals surface area contributed by atoms with Gasteiger partial charge in [-0.1, -0.05) is 0 Å². The molecule has 2 heterocycles. The third-order valence-corrected chi connectivity index (χ3v) is 6.63. The van der Waals surface area contributed by atoms with Crippen LogP contribution >= 0.6 is 11.6 Å². The highest BCUT2D eigenvalue weighted by molar-refractivity contribution is 7.89. The van der Waals surface area contributed by atoms with Gasteiger partial charge in [0.15, 0.2) is 0 Å². The van der Waals surface area contributed by atoms with Gasteiger partial charge in [0.2, 0.25) is 10.0 Å². The minimum Gasteiger partial charge on any atom is -0.381 e. The van der Waals surface area contributed by atoms with Crippen molar-refractivity contribution in [3.05, 3.63) is 0 Å². The Morgan fingerprint density at radius 3 is 2.61 bits per heavy atom. The van der Waals surface area contributed by atoms with E-state index in [2.05, 4.69) is 0 Å². The second-order valence-electron chi connectivity index (χ2n) is 5.09. The van der Waals surface area contributed by atoms with Crippen LogP contribution in [-0.2, 0) is 14.8 Å². The lowest BCUT2D eigenvalue weighted by Crippen LogP contribution is -2.43. The van der Waals surface area contributed by atoms with E-state index < -0.39 is 10.0 Å². The maximum atomic E-state index is 12.6. The van der Waals surface area contributed by atoms with Crippen LogP contribution in [0.5, 0.6) is 0 Å². The summed E-state index contributed by atoms with van der Waals surface area (Å²) in [5.74, 6) is 0.613. The molecule has 2 rings (SSSR count). The first-order chi connectivity index (χ1) is 8.66. The molecule has 2 fully saturated rings. The number of rotatable bonds is 5. The van der Waals surface area contributed by atoms with Crippen LogP contribution in [0, 0.1) is 0 Å². The number of halogens is 1. The number of nitrogens with zero attached hydrogens (tertiary/aromatic N) is 1. The Hall–Kier alpha value is 0.160. The summed E-state index contributed by atoms with van der Waals surface area (Å²) in [5, 5.41) is -0.233. The summed E-state index contributed by atoms with van der Waals surface area (Å²) in [7, 11) is -3.13. The third-order valence-electron chi connectivity index (χ3n) is 3.91. The Kier molecular flexibility index (Phi) is 5.30. The molecule has 0 saturated carbocycles. The quantitative estimate of drug-likeness (QED) is 0.729. The number of alkyl halides is 1. The standard InChI is InChI=1S/C12H22ClNO3S/c13-7-1-3-11-4-2-8-14(11)18(15,16)12-5-9-17-10-6-12/h11-12H,1-10H2. The summed E-state index contributed by atoms with van der Waals surface area (Å²) in [6, 6.07) is 0.177. The molecule has 0 N–H and O–H groups in total. The molecule has 0 spiro atoms. The largest absolute Gasteiger partial charge is 0.381 e. The van der Waals surface area contributed by atoms with Gasteiger partial charge in [-0.05, 0) is 38.5 Å². The lowest BCUT2D eigenvalue weighted by Gasteiger charge is -2.30. The number of hydrogen-bond acceptors (Lipinski definition) is 3. The van der Waals surface area contributed by atoms with E-state index >= 15 is 0 Å². The van der Waals surface area contributed by atoms with Crippen LogP contribution < -0.4 is 0 Å². The molecule has 0 aromatic rings. The summed E-state index contributed by atoms with van der Waals surface area (Å²) >= 11 is 5.71. The molecule has 18 heavy (non-hydrogen) atoms. The van der Waals surface area contributed by atoms with Gasteiger partial charge in [-0.3, -0.25) is 0 Å². The van der Waals surface area contributed by atoms with Gasteiger partial charge in [0, 0.05) is 31.7 Å². The third kappa shape index (κ3) is 3.18. The highest BCUT2D eigenvalue weighted by atomic mass is 35.5. The van der Waals surface area contributed by atoms with E-state index in [0.29, 0.717) is 38.5 Å². The van der Waals surface area contributed by atoms with Gasteiger partial charge < -0.3 is 4.74 Å². The second-order valence-corrected chi connectivity index (χ2v) is 7.64. The molecular weight excluding hydrogens is 274 g/mol. The van der Waals surface area contributed by atoms with E-state index in [1.54, 1.807) is 4.31 Å². The molecule has 0 aromatic heterocycles. The van der Waals surface area contributed by atoms with Crippen LogP contribution in [0.4, 0.5) is 0 Å². The Morgan fingerprint density at radius 2 is 1.94 bits per heavy atom. The van der Waals surface area contributed by atoms with Crippen molar-refractivity contribution in [3.8, 4) is 0 Å². The van der Waals surface area contributed by atoms with Gasteiger partial charge in [0.1, 0.15) is 0 Å². The fraction of sp³-hybridized carbons (Fsp3) is 1.00. The molecule has 0 bridgehead atoms. The predicted molar refractivity (Wildman–Crippen MR) is 72.4 cm³/mol. The molecule has 0 aliphatic carbocycles. The highest BCUT2D eigenvalue weighted by Crippen LogP contribution is 2.29. The molecule has 2 saturated heterocycles. The summed E-state index contributed by atoms with van der Waals surface area (Å²) in [6.45, 7) is 1.83. The van der Waals surface area contributed by atoms with Crippen LogP contribution in [0.15, 0.2) is 0 Å². The summed E-state index contributed by atoms with van der Waals surface area (Å²) in [4.78, 5) is 0. The normalized spacial score (nSPS) is 27.7. The average molecular weight is 296 g/mol. The molecule has 0 aromatic carbocycles. The van der Waals surface area contributed by atoms with Crippen molar-refractivity contribution in [3.63, 3.8) is 0 Å². The maximum Gasteiger partial charge on any atom is 0.217 e. The van der Waals surface area contributed by atoms with Crippen molar-refractivity contribution in [1.29, 1.82) is 0 Å². The van der Waals surface area contributed by atoms with Crippen LogP contribution in [0.1, 0.15) is 38.5 Å². The van der Waals surface area contributed by atoms with Crippen LogP contribution in [0.25, 0.3) is 0 Å². The predicted octanol–water partition coefficient (Wildman–Crippen LogP) is 1.98. The SMILES string of the molecule is O=S(=O)(C1CCOCC1)N1CCCC1CCCCl. The van der Waals surface area contributed by atoms with E-state index in [1.165, 1.54) is 0 Å². The van der Waals surface area contributed by atoms with Gasteiger partial charge in [0.25, 0.3) is 0 Å². The Labute approximate surface area is 115 Å². The number of sulfonamides is 1. The van der Waals surface area contributed by atoms with E-state index in [0.717, 1.165) is 25.7 Å². The van der Waals surface area contributed by atoms with Crippen molar-refractivity contribution in [2.45, 2.75) is 49.8 Å². The molecule has 0 amide bonds. The molecule has 106 valence electrons. The molecule has 2 aliphatic rings. The first kappa shape index (κ1) is 14.6. The van der Waals surface area contributed by atoms with E-state index in [4.69, 9.17) is 16.3 Å². The Balaban J connectivity index is 2.03. The lowest BCUT2D eigenvalue weighted by molar-refractivity contribution is 0.0970. The van der Waals surface area contributed by atoms with Crippen molar-refractivity contribution in [2.75, 3.05) is 25.6 Å². The highest BCUT2D eigenvalue weighted by Gasteiger charge is 2.39. The summed E-state index contributed by atoms with van der Waals surface area (Å²) in [5.41, 5.74) is 0. The smallest absolute Gasteiger partial charge is 0.217 e. The fourth-order valence-corrected chi connectivity index (χ4v) is 5.25. The zero-order valence-electron chi connectivity index (χ0n) is 10.7. The van der Waals surface area contributed by atoms with Gasteiger partial charge in [-0.2, -0.15) is 4.31 Å². The van der Waals surface area contributed by atoms with Crippen LogP contribution in [0.3, 0.4) is 0 Å². The molecule has 1 unspecified atom stereocenters. The Bertz CT molecular complexity index is 354. The van der Waals surface area contributed by atoms with Gasteiger partial charge in [-0.25, -0.2) is 8.42 Å². The lowest BCUT2D eigenvalue weighted by atomic mass is 10.1. The zero-order chi connectivity index (χ0) is 13.0. The van der Waals surface area contributed by atoms with Crippen molar-refractivity contribution < 1.29 is 13.2 Å². The first-order valence-electron chi connectivity index (χ1n) is 6.80. The van der Waals surface area contributed by atoms with E-state index in [1.807, 2.05) is 0 Å². The van der Waals surface area contributed by atoms with Gasteiger partial charge in [-0.15, -0.1) is 11.6 Å². The maximum absolute atomic E-state index is 12.6. The van der Waals surface area contributed by atoms with Crippen molar-refractivity contribution >= 4 is 21.6 Å². The van der Waals surface area contributed by atoms with Crippen LogP contribution in [0.2, 0.25) is 0 Å². The zero-order valence-corrected chi connectivity index (χ0v) is 12.3. The van der Waals surface area contributed by atoms with E-state index in [9.17, 15) is 8.42 Å². The van der Waals surface area contributed by atoms with Crippen LogP contribution in [-0.4, -0.2) is 49.7 Å². The van der Waals surface area contributed by atoms with Crippen molar-refractivity contribution in [1.82, 2.24) is 4.31 Å². The number of hydrogen-bond donors (Lipinski definition) is 0. The number of ether oxygens (including phenoxy) is 1. The molecule has 0 radical (unpaired) electrons. The molecule has 6 heteroatoms. The first-order valence-corrected chi connectivity index (χ1v) is 8.84. The summed E-state index contributed by atoms with van der Waals surface area (Å²) in [6.07, 6.45) is 5.04. The van der Waals surface area contributed by atoms with Gasteiger partial charge in [0.05, 0.1) is 5.25 Å².